The fraction of sp³-hybridized carbons (Fsp3) is 0.360. The second-order valence-electron chi connectivity index (χ2n) is 8.15. The molecular formula is C25H29N3O10. The third kappa shape index (κ3) is 9.85. The number of nitro benzene ring substituents is 1. The summed E-state index contributed by atoms with van der Waals surface area (Å²) in [7, 11) is 0. The molecule has 2 rings (SSSR count). The lowest BCUT2D eigenvalue weighted by atomic mass is 9.88. The summed E-state index contributed by atoms with van der Waals surface area (Å²) in [6.07, 6.45) is -3.17. The maximum Gasteiger partial charge on any atom is 0.407 e. The van der Waals surface area contributed by atoms with Gasteiger partial charge in [0.2, 0.25) is 5.91 Å². The molecule has 0 heterocycles. The number of carbonyl (C=O) groups is 4. The SMILES string of the molecule is CCOC(=O)C[C@@H](c1ccc([N+](=O)[O-])cc1)[C@H](NC(=O)C[C@H](O)CNC(=O)OCc1ccccc1)C(=O)O. The number of aliphatic hydroxyl groups excluding tert-OH is 1. The first-order valence-electron chi connectivity index (χ1n) is 11.7. The zero-order valence-corrected chi connectivity index (χ0v) is 20.6. The standard InChI is InChI=1S/C25H29N3O10/c1-2-37-22(31)13-20(17-8-10-18(11-9-17)28(35)36)23(24(32)33)27-21(30)12-19(29)14-26-25(34)38-15-16-6-4-3-5-7-16/h3-11,19-20,23,29H,2,12-15H2,1H3,(H,26,34)(H,27,30)(H,32,33)/t19-,20-,23-/m0/s1. The Hall–Kier alpha value is -4.52. The Morgan fingerprint density at radius 3 is 2.24 bits per heavy atom. The van der Waals surface area contributed by atoms with Crippen molar-refractivity contribution in [2.45, 2.75) is 44.4 Å². The zero-order chi connectivity index (χ0) is 28.1. The van der Waals surface area contributed by atoms with Gasteiger partial charge in [-0.15, -0.1) is 0 Å². The lowest BCUT2D eigenvalue weighted by Crippen LogP contribution is -2.47. The van der Waals surface area contributed by atoms with Crippen LogP contribution < -0.4 is 10.6 Å². The summed E-state index contributed by atoms with van der Waals surface area (Å²) in [6, 6.07) is 12.2. The molecule has 0 spiro atoms. The first kappa shape index (κ1) is 29.7. The van der Waals surface area contributed by atoms with E-state index in [1.54, 1.807) is 31.2 Å². The molecule has 13 heteroatoms. The minimum atomic E-state index is -1.62. The van der Waals surface area contributed by atoms with Crippen LogP contribution in [0.15, 0.2) is 54.6 Å². The Labute approximate surface area is 217 Å². The van der Waals surface area contributed by atoms with Gasteiger partial charge in [-0.3, -0.25) is 19.7 Å². The number of ether oxygens (including phenoxy) is 2. The Morgan fingerprint density at radius 2 is 1.66 bits per heavy atom. The average Bonchev–Trinajstić information content (AvgIpc) is 2.89. The van der Waals surface area contributed by atoms with E-state index in [9.17, 15) is 39.5 Å². The molecular weight excluding hydrogens is 502 g/mol. The minimum absolute atomic E-state index is 0.00798. The third-order valence-corrected chi connectivity index (χ3v) is 5.32. The molecule has 0 fully saturated rings. The predicted octanol–water partition coefficient (Wildman–Crippen LogP) is 1.88. The van der Waals surface area contributed by atoms with E-state index >= 15 is 0 Å². The van der Waals surface area contributed by atoms with E-state index in [1.165, 1.54) is 12.1 Å². The second kappa shape index (κ2) is 14.9. The van der Waals surface area contributed by atoms with Gasteiger partial charge >= 0.3 is 18.0 Å². The molecule has 13 nitrogen and oxygen atoms in total. The van der Waals surface area contributed by atoms with E-state index in [0.29, 0.717) is 0 Å². The number of hydrogen-bond donors (Lipinski definition) is 4. The van der Waals surface area contributed by atoms with Crippen molar-refractivity contribution in [2.24, 2.45) is 0 Å². The summed E-state index contributed by atoms with van der Waals surface area (Å²) in [4.78, 5) is 58.9. The van der Waals surface area contributed by atoms with Gasteiger partial charge in [0, 0.05) is 24.6 Å². The molecule has 204 valence electrons. The van der Waals surface area contributed by atoms with Crippen LogP contribution in [0.1, 0.15) is 36.8 Å². The molecule has 0 saturated heterocycles. The normalized spacial score (nSPS) is 12.9. The highest BCUT2D eigenvalue weighted by molar-refractivity contribution is 5.85. The molecule has 38 heavy (non-hydrogen) atoms. The fourth-order valence-corrected chi connectivity index (χ4v) is 3.50. The summed E-state index contributed by atoms with van der Waals surface area (Å²) < 4.78 is 9.93. The van der Waals surface area contributed by atoms with Crippen molar-refractivity contribution in [1.29, 1.82) is 0 Å². The molecule has 2 amide bonds. The molecule has 2 aromatic rings. The first-order valence-corrected chi connectivity index (χ1v) is 11.7. The highest BCUT2D eigenvalue weighted by atomic mass is 16.6. The molecule has 0 aliphatic carbocycles. The molecule has 0 bridgehead atoms. The van der Waals surface area contributed by atoms with Crippen LogP contribution in [-0.4, -0.2) is 64.4 Å². The van der Waals surface area contributed by atoms with E-state index in [-0.39, 0.29) is 31.0 Å². The number of non-ortho nitro benzene ring substituents is 1. The second-order valence-corrected chi connectivity index (χ2v) is 8.15. The topological polar surface area (TPSA) is 194 Å². The number of nitrogens with one attached hydrogen (secondary N) is 2. The van der Waals surface area contributed by atoms with Crippen molar-refractivity contribution < 1.29 is 43.8 Å². The summed E-state index contributed by atoms with van der Waals surface area (Å²) >= 11 is 0. The number of esters is 1. The van der Waals surface area contributed by atoms with Gasteiger partial charge < -0.3 is 30.3 Å². The van der Waals surface area contributed by atoms with Crippen LogP contribution in [0, 0.1) is 10.1 Å². The largest absolute Gasteiger partial charge is 0.480 e. The fourth-order valence-electron chi connectivity index (χ4n) is 3.50. The Bertz CT molecular complexity index is 1110. The summed E-state index contributed by atoms with van der Waals surface area (Å²) in [6.45, 7) is 1.28. The number of aliphatic carboxylic acids is 1. The quantitative estimate of drug-likeness (QED) is 0.159. The molecule has 0 radical (unpaired) electrons. The Balaban J connectivity index is 2.00. The van der Waals surface area contributed by atoms with Crippen LogP contribution in [-0.2, 0) is 30.5 Å². The van der Waals surface area contributed by atoms with Crippen LogP contribution in [0.3, 0.4) is 0 Å². The number of alkyl carbamates (subject to hydrolysis) is 1. The van der Waals surface area contributed by atoms with E-state index in [0.717, 1.165) is 17.7 Å². The van der Waals surface area contributed by atoms with E-state index in [4.69, 9.17) is 9.47 Å². The van der Waals surface area contributed by atoms with Crippen molar-refractivity contribution in [3.05, 3.63) is 75.8 Å². The molecule has 4 N–H and O–H groups in total. The molecule has 0 aliphatic heterocycles. The van der Waals surface area contributed by atoms with Crippen LogP contribution in [0.5, 0.6) is 0 Å². The highest BCUT2D eigenvalue weighted by Crippen LogP contribution is 2.27. The number of nitrogens with zero attached hydrogens (tertiary/aromatic N) is 1. The summed E-state index contributed by atoms with van der Waals surface area (Å²) in [5.41, 5.74) is 0.768. The van der Waals surface area contributed by atoms with Gasteiger partial charge in [0.25, 0.3) is 5.69 Å². The smallest absolute Gasteiger partial charge is 0.407 e. The zero-order valence-electron chi connectivity index (χ0n) is 20.6. The molecule has 3 atom stereocenters. The number of aliphatic hydroxyl groups is 1. The lowest BCUT2D eigenvalue weighted by Gasteiger charge is -2.25. The number of carboxylic acids is 1. The molecule has 2 aromatic carbocycles. The number of nitro groups is 1. The molecule has 0 saturated carbocycles. The average molecular weight is 532 g/mol. The van der Waals surface area contributed by atoms with Gasteiger partial charge in [0.15, 0.2) is 0 Å². The number of hydrogen-bond acceptors (Lipinski definition) is 9. The van der Waals surface area contributed by atoms with Gasteiger partial charge in [-0.1, -0.05) is 42.5 Å². The van der Waals surface area contributed by atoms with Crippen LogP contribution in [0.4, 0.5) is 10.5 Å². The van der Waals surface area contributed by atoms with Crippen LogP contribution >= 0.6 is 0 Å². The van der Waals surface area contributed by atoms with Crippen molar-refractivity contribution in [3.63, 3.8) is 0 Å². The molecule has 0 aromatic heterocycles. The highest BCUT2D eigenvalue weighted by Gasteiger charge is 2.34. The monoisotopic (exact) mass is 531 g/mol. The van der Waals surface area contributed by atoms with Crippen molar-refractivity contribution in [3.8, 4) is 0 Å². The molecule has 0 unspecified atom stereocenters. The Kier molecular flexibility index (Phi) is 11.6. The van der Waals surface area contributed by atoms with E-state index in [1.807, 2.05) is 6.07 Å². The van der Waals surface area contributed by atoms with Crippen molar-refractivity contribution in [2.75, 3.05) is 13.2 Å². The maximum atomic E-state index is 12.5. The van der Waals surface area contributed by atoms with Gasteiger partial charge in [-0.05, 0) is 18.1 Å². The van der Waals surface area contributed by atoms with Crippen molar-refractivity contribution in [1.82, 2.24) is 10.6 Å². The van der Waals surface area contributed by atoms with Crippen molar-refractivity contribution >= 4 is 29.6 Å². The van der Waals surface area contributed by atoms with Gasteiger partial charge in [-0.2, -0.15) is 0 Å². The van der Waals surface area contributed by atoms with Crippen LogP contribution in [0.2, 0.25) is 0 Å². The van der Waals surface area contributed by atoms with Gasteiger partial charge in [0.05, 0.1) is 30.5 Å². The van der Waals surface area contributed by atoms with Gasteiger partial charge in [-0.25, -0.2) is 9.59 Å². The number of amides is 2. The first-order chi connectivity index (χ1) is 18.1. The molecule has 0 aliphatic rings. The number of carbonyl (C=O) groups excluding carboxylic acids is 3. The third-order valence-electron chi connectivity index (χ3n) is 5.32. The number of benzene rings is 2. The van der Waals surface area contributed by atoms with E-state index < -0.39 is 59.8 Å². The summed E-state index contributed by atoms with van der Waals surface area (Å²) in [5, 5.41) is 35.5. The van der Waals surface area contributed by atoms with E-state index in [2.05, 4.69) is 10.6 Å². The van der Waals surface area contributed by atoms with Gasteiger partial charge in [0.1, 0.15) is 12.6 Å². The number of carboxylic acid groups (broad SMARTS) is 1. The maximum absolute atomic E-state index is 12.5. The lowest BCUT2D eigenvalue weighted by molar-refractivity contribution is -0.384. The van der Waals surface area contributed by atoms with Crippen LogP contribution in [0.25, 0.3) is 0 Å². The number of rotatable bonds is 14. The Morgan fingerprint density at radius 1 is 1.00 bits per heavy atom. The predicted molar refractivity (Wildman–Crippen MR) is 132 cm³/mol. The minimum Gasteiger partial charge on any atom is -0.480 e. The summed E-state index contributed by atoms with van der Waals surface area (Å²) in [5.74, 6) is -4.18.